The Balaban J connectivity index is 1.33. The van der Waals surface area contributed by atoms with Crippen LogP contribution in [0.4, 0.5) is 25.6 Å². The second-order valence-corrected chi connectivity index (χ2v) is 8.90. The summed E-state index contributed by atoms with van der Waals surface area (Å²) < 4.78 is 20.2. The maximum Gasteiger partial charge on any atom is 0.414 e. The molecule has 1 atom stereocenters. The molecule has 2 aliphatic heterocycles. The molecule has 1 N–H and O–H groups in total. The fraction of sp³-hybridized carbons (Fsp3) is 0.381. The van der Waals surface area contributed by atoms with Gasteiger partial charge in [0.25, 0.3) is 0 Å². The zero-order valence-corrected chi connectivity index (χ0v) is 19.2. The van der Waals surface area contributed by atoms with Gasteiger partial charge in [-0.2, -0.15) is 5.10 Å². The molecule has 0 spiro atoms. The highest BCUT2D eigenvalue weighted by atomic mass is 32.1. The predicted molar refractivity (Wildman–Crippen MR) is 125 cm³/mol. The number of rotatable bonds is 7. The number of ether oxygens (including phenoxy) is 1. The van der Waals surface area contributed by atoms with Crippen molar-refractivity contribution < 1.29 is 23.6 Å². The van der Waals surface area contributed by atoms with Gasteiger partial charge in [-0.05, 0) is 24.3 Å². The number of cyclic esters (lactones) is 1. The lowest BCUT2D eigenvalue weighted by Crippen LogP contribution is -2.44. The molecule has 2 aliphatic rings. The van der Waals surface area contributed by atoms with Crippen LogP contribution in [-0.4, -0.2) is 73.5 Å². The summed E-state index contributed by atoms with van der Waals surface area (Å²) in [5.41, 5.74) is 0.827. The van der Waals surface area contributed by atoms with E-state index in [0.717, 1.165) is 11.3 Å². The van der Waals surface area contributed by atoms with Crippen LogP contribution < -0.4 is 15.1 Å². The lowest BCUT2D eigenvalue weighted by Gasteiger charge is -2.34. The first kappa shape index (κ1) is 23.4. The first-order valence-electron chi connectivity index (χ1n) is 10.6. The molecule has 11 nitrogen and oxygen atoms in total. The minimum atomic E-state index is -0.579. The first-order chi connectivity index (χ1) is 16.3. The molecular weight excluding hydrogens is 467 g/mol. The zero-order valence-electron chi connectivity index (χ0n) is 18.3. The van der Waals surface area contributed by atoms with Gasteiger partial charge >= 0.3 is 11.1 Å². The summed E-state index contributed by atoms with van der Waals surface area (Å²) in [7, 11) is 0. The molecular formula is C21H23FN6O5S. The van der Waals surface area contributed by atoms with Crippen molar-refractivity contribution in [2.24, 2.45) is 5.10 Å². The molecule has 4 rings (SSSR count). The van der Waals surface area contributed by atoms with E-state index in [1.54, 1.807) is 24.4 Å². The standard InChI is InChI=1S/C21H23FN6O5S/c1-14(29)23-11-16-13-27(21(30)33-16)15-2-4-19(18(22)10-15)25-6-8-26(9-7-25)24-12-17-3-5-20(34-17)28(31)32/h2-5,10,12,16H,6-9,11,13H2,1H3,(H,23,29)/b24-12+/t16-/m0/s1. The molecule has 2 aromatic rings. The highest BCUT2D eigenvalue weighted by Crippen LogP contribution is 2.29. The molecule has 2 fully saturated rings. The summed E-state index contributed by atoms with van der Waals surface area (Å²) in [5.74, 6) is -0.662. The van der Waals surface area contributed by atoms with Crippen LogP contribution in [0.1, 0.15) is 11.8 Å². The van der Waals surface area contributed by atoms with E-state index in [1.165, 1.54) is 24.0 Å². The number of piperazine rings is 1. The molecule has 180 valence electrons. The monoisotopic (exact) mass is 490 g/mol. The highest BCUT2D eigenvalue weighted by molar-refractivity contribution is 7.16. The third-order valence-electron chi connectivity index (χ3n) is 5.43. The number of halogens is 1. The molecule has 0 aliphatic carbocycles. The number of anilines is 2. The van der Waals surface area contributed by atoms with Gasteiger partial charge in [0.05, 0.1) is 53.6 Å². The van der Waals surface area contributed by atoms with E-state index in [-0.39, 0.29) is 24.0 Å². The van der Waals surface area contributed by atoms with Crippen molar-refractivity contribution in [2.75, 3.05) is 49.1 Å². The second kappa shape index (κ2) is 10.0. The molecule has 1 aromatic heterocycles. The van der Waals surface area contributed by atoms with Crippen molar-refractivity contribution in [3.63, 3.8) is 0 Å². The number of nitrogens with zero attached hydrogens (tertiary/aromatic N) is 5. The topological polar surface area (TPSA) is 121 Å². The largest absolute Gasteiger partial charge is 0.442 e. The zero-order chi connectivity index (χ0) is 24.2. The van der Waals surface area contributed by atoms with Gasteiger partial charge in [-0.1, -0.05) is 11.3 Å². The Morgan fingerprint density at radius 3 is 2.74 bits per heavy atom. The average Bonchev–Trinajstić information content (AvgIpc) is 3.43. The number of nitrogens with one attached hydrogen (secondary N) is 1. The van der Waals surface area contributed by atoms with E-state index in [0.29, 0.717) is 42.4 Å². The summed E-state index contributed by atoms with van der Waals surface area (Å²) in [6, 6.07) is 7.72. The third-order valence-corrected chi connectivity index (χ3v) is 6.40. The number of amides is 2. The van der Waals surface area contributed by atoms with Gasteiger partial charge in [0.15, 0.2) is 0 Å². The Morgan fingerprint density at radius 1 is 1.32 bits per heavy atom. The van der Waals surface area contributed by atoms with E-state index in [1.807, 2.05) is 9.91 Å². The summed E-state index contributed by atoms with van der Waals surface area (Å²) in [5, 5.41) is 19.7. The summed E-state index contributed by atoms with van der Waals surface area (Å²) >= 11 is 1.05. The van der Waals surface area contributed by atoms with Crippen LogP contribution in [0.15, 0.2) is 35.4 Å². The van der Waals surface area contributed by atoms with Crippen molar-refractivity contribution in [1.29, 1.82) is 0 Å². The smallest absolute Gasteiger partial charge is 0.414 e. The molecule has 2 amide bonds. The minimum Gasteiger partial charge on any atom is -0.442 e. The summed E-state index contributed by atoms with van der Waals surface area (Å²) in [4.78, 5) is 37.5. The first-order valence-corrected chi connectivity index (χ1v) is 11.4. The number of thiophene rings is 1. The number of hydrogen-bond donors (Lipinski definition) is 1. The molecule has 2 saturated heterocycles. The summed E-state index contributed by atoms with van der Waals surface area (Å²) in [6.07, 6.45) is 0.523. The van der Waals surface area contributed by atoms with Crippen molar-refractivity contribution in [2.45, 2.75) is 13.0 Å². The van der Waals surface area contributed by atoms with Crippen molar-refractivity contribution in [1.82, 2.24) is 10.3 Å². The Morgan fingerprint density at radius 2 is 2.09 bits per heavy atom. The van der Waals surface area contributed by atoms with E-state index in [4.69, 9.17) is 4.74 Å². The minimum absolute atomic E-state index is 0.0654. The van der Waals surface area contributed by atoms with Crippen LogP contribution in [0, 0.1) is 15.9 Å². The molecule has 0 radical (unpaired) electrons. The van der Waals surface area contributed by atoms with Gasteiger partial charge in [-0.25, -0.2) is 9.18 Å². The van der Waals surface area contributed by atoms with Crippen molar-refractivity contribution in [3.05, 3.63) is 51.1 Å². The van der Waals surface area contributed by atoms with E-state index in [2.05, 4.69) is 10.4 Å². The van der Waals surface area contributed by atoms with Crippen LogP contribution in [0.2, 0.25) is 0 Å². The normalized spacial score (nSPS) is 18.5. The van der Waals surface area contributed by atoms with E-state index in [9.17, 15) is 24.1 Å². The third kappa shape index (κ3) is 5.42. The van der Waals surface area contributed by atoms with Crippen LogP contribution in [-0.2, 0) is 9.53 Å². The average molecular weight is 491 g/mol. The quantitative estimate of drug-likeness (QED) is 0.359. The summed E-state index contributed by atoms with van der Waals surface area (Å²) in [6.45, 7) is 4.02. The second-order valence-electron chi connectivity index (χ2n) is 7.81. The Kier molecular flexibility index (Phi) is 6.91. The van der Waals surface area contributed by atoms with Crippen LogP contribution >= 0.6 is 11.3 Å². The van der Waals surface area contributed by atoms with Gasteiger partial charge in [0.1, 0.15) is 11.9 Å². The fourth-order valence-corrected chi connectivity index (χ4v) is 4.40. The highest BCUT2D eigenvalue weighted by Gasteiger charge is 2.33. The molecule has 0 saturated carbocycles. The number of nitro groups is 1. The van der Waals surface area contributed by atoms with Crippen LogP contribution in [0.3, 0.4) is 0 Å². The van der Waals surface area contributed by atoms with Gasteiger partial charge in [-0.3, -0.25) is 24.8 Å². The number of carbonyl (C=O) groups is 2. The molecule has 1 aromatic carbocycles. The molecule has 13 heteroatoms. The number of carbonyl (C=O) groups excluding carboxylic acids is 2. The maximum absolute atomic E-state index is 14.9. The molecule has 0 bridgehead atoms. The van der Waals surface area contributed by atoms with E-state index < -0.39 is 22.9 Å². The fourth-order valence-electron chi connectivity index (χ4n) is 3.72. The van der Waals surface area contributed by atoms with Crippen LogP contribution in [0.5, 0.6) is 0 Å². The molecule has 3 heterocycles. The van der Waals surface area contributed by atoms with E-state index >= 15 is 0 Å². The number of hydrazone groups is 1. The van der Waals surface area contributed by atoms with Crippen LogP contribution in [0.25, 0.3) is 0 Å². The number of hydrogen-bond acceptors (Lipinski definition) is 9. The SMILES string of the molecule is CC(=O)NC[C@H]1CN(c2ccc(N3CCN(/N=C/c4ccc([N+](=O)[O-])s4)CC3)c(F)c2)C(=O)O1. The van der Waals surface area contributed by atoms with Gasteiger partial charge in [0.2, 0.25) is 5.91 Å². The maximum atomic E-state index is 14.9. The Bertz CT molecular complexity index is 1120. The van der Waals surface area contributed by atoms with Gasteiger partial charge < -0.3 is 15.0 Å². The Hall–Kier alpha value is -3.74. The number of benzene rings is 1. The molecule has 0 unspecified atom stereocenters. The lowest BCUT2D eigenvalue weighted by atomic mass is 10.2. The molecule has 34 heavy (non-hydrogen) atoms. The van der Waals surface area contributed by atoms with Gasteiger partial charge in [0, 0.05) is 26.1 Å². The lowest BCUT2D eigenvalue weighted by molar-refractivity contribution is -0.380. The Labute approximate surface area is 198 Å². The predicted octanol–water partition coefficient (Wildman–Crippen LogP) is 2.41. The van der Waals surface area contributed by atoms with Gasteiger partial charge in [-0.15, -0.1) is 0 Å². The van der Waals surface area contributed by atoms with Crippen molar-refractivity contribution in [3.8, 4) is 0 Å². The van der Waals surface area contributed by atoms with Crippen molar-refractivity contribution >= 4 is 45.9 Å².